The van der Waals surface area contributed by atoms with E-state index in [4.69, 9.17) is 23.2 Å². The second-order valence-corrected chi connectivity index (χ2v) is 9.24. The zero-order valence-corrected chi connectivity index (χ0v) is 17.8. The van der Waals surface area contributed by atoms with Gasteiger partial charge in [0.2, 0.25) is 11.8 Å². The van der Waals surface area contributed by atoms with Crippen molar-refractivity contribution in [3.8, 4) is 0 Å². The molecule has 3 aliphatic carbocycles. The van der Waals surface area contributed by atoms with Crippen molar-refractivity contribution in [2.45, 2.75) is 11.3 Å². The van der Waals surface area contributed by atoms with Crippen molar-refractivity contribution < 1.29 is 14.7 Å². The number of aliphatic hydroxyl groups is 1. The Morgan fingerprint density at radius 1 is 0.871 bits per heavy atom. The molecule has 4 nitrogen and oxygen atoms in total. The summed E-state index contributed by atoms with van der Waals surface area (Å²) in [5, 5.41) is 11.5. The summed E-state index contributed by atoms with van der Waals surface area (Å²) >= 11 is 12.4. The van der Waals surface area contributed by atoms with Crippen LogP contribution in [0.5, 0.6) is 0 Å². The number of hydrogen-bond acceptors (Lipinski definition) is 3. The number of benzene rings is 3. The van der Waals surface area contributed by atoms with Gasteiger partial charge in [0.25, 0.3) is 0 Å². The largest absolute Gasteiger partial charge is 0.395 e. The average molecular weight is 450 g/mol. The lowest BCUT2D eigenvalue weighted by Gasteiger charge is -2.53. The van der Waals surface area contributed by atoms with Crippen LogP contribution in [-0.2, 0) is 15.0 Å². The van der Waals surface area contributed by atoms with E-state index in [1.54, 1.807) is 12.1 Å². The van der Waals surface area contributed by atoms with E-state index in [2.05, 4.69) is 0 Å². The van der Waals surface area contributed by atoms with Crippen LogP contribution in [0.4, 0.5) is 5.69 Å². The highest BCUT2D eigenvalue weighted by Crippen LogP contribution is 2.64. The first-order valence-electron chi connectivity index (χ1n) is 10.1. The molecule has 0 unspecified atom stereocenters. The Morgan fingerprint density at radius 3 is 2.06 bits per heavy atom. The normalized spacial score (nSPS) is 27.8. The molecule has 0 saturated carbocycles. The van der Waals surface area contributed by atoms with Crippen molar-refractivity contribution in [2.24, 2.45) is 11.8 Å². The molecule has 2 atom stereocenters. The Balaban J connectivity index is 1.64. The number of hydrogen-bond donors (Lipinski definition) is 1. The Bertz CT molecular complexity index is 1240. The number of carbonyl (C=O) groups excluding carboxylic acids is 2. The quantitative estimate of drug-likeness (QED) is 0.584. The van der Waals surface area contributed by atoms with Crippen LogP contribution in [0.2, 0.25) is 10.0 Å². The van der Waals surface area contributed by atoms with Crippen LogP contribution in [0.25, 0.3) is 0 Å². The molecule has 154 valence electrons. The fraction of sp³-hybridized carbons (Fsp3) is 0.200. The molecule has 1 heterocycles. The van der Waals surface area contributed by atoms with Gasteiger partial charge in [-0.15, -0.1) is 0 Å². The molecule has 1 N–H and O–H groups in total. The lowest BCUT2D eigenvalue weighted by atomic mass is 9.47. The van der Waals surface area contributed by atoms with Gasteiger partial charge in [-0.05, 0) is 40.5 Å². The fourth-order valence-electron chi connectivity index (χ4n) is 6.10. The molecule has 3 aromatic carbocycles. The second-order valence-electron chi connectivity index (χ2n) is 8.39. The summed E-state index contributed by atoms with van der Waals surface area (Å²) < 4.78 is 0. The second kappa shape index (κ2) is 6.42. The molecular weight excluding hydrogens is 433 g/mol. The first-order chi connectivity index (χ1) is 15.0. The lowest BCUT2D eigenvalue weighted by Crippen LogP contribution is -2.55. The van der Waals surface area contributed by atoms with E-state index in [0.717, 1.165) is 22.3 Å². The predicted octanol–water partition coefficient (Wildman–Crippen LogP) is 4.54. The highest BCUT2D eigenvalue weighted by molar-refractivity contribution is 6.38. The third-order valence-corrected chi connectivity index (χ3v) is 7.73. The zero-order chi connectivity index (χ0) is 21.5. The van der Waals surface area contributed by atoms with E-state index in [1.807, 2.05) is 48.5 Å². The van der Waals surface area contributed by atoms with Crippen molar-refractivity contribution in [3.05, 3.63) is 99.0 Å². The minimum atomic E-state index is -0.979. The lowest BCUT2D eigenvalue weighted by molar-refractivity contribution is -0.124. The van der Waals surface area contributed by atoms with Crippen LogP contribution < -0.4 is 4.90 Å². The topological polar surface area (TPSA) is 57.6 Å². The maximum Gasteiger partial charge on any atom is 0.239 e. The summed E-state index contributed by atoms with van der Waals surface area (Å²) in [6.07, 6.45) is 0. The van der Waals surface area contributed by atoms with Crippen LogP contribution in [0.3, 0.4) is 0 Å². The summed E-state index contributed by atoms with van der Waals surface area (Å²) in [5.74, 6) is -2.17. The highest BCUT2D eigenvalue weighted by atomic mass is 35.5. The van der Waals surface area contributed by atoms with Crippen LogP contribution >= 0.6 is 23.2 Å². The SMILES string of the molecule is O=C1[C@@H]2[C@@H](C(=O)N1c1ccc(Cl)cc1Cl)C1c3ccccc3C2(CO)c2ccccc21. The van der Waals surface area contributed by atoms with Gasteiger partial charge in [0.15, 0.2) is 0 Å². The number of amides is 2. The maximum absolute atomic E-state index is 13.9. The number of aliphatic hydroxyl groups excluding tert-OH is 1. The minimum absolute atomic E-state index is 0.244. The van der Waals surface area contributed by atoms with Gasteiger partial charge >= 0.3 is 0 Å². The summed E-state index contributed by atoms with van der Waals surface area (Å²) in [7, 11) is 0. The number of halogens is 2. The van der Waals surface area contributed by atoms with Gasteiger partial charge in [0.1, 0.15) is 0 Å². The first kappa shape index (κ1) is 19.1. The molecule has 1 saturated heterocycles. The van der Waals surface area contributed by atoms with Crippen molar-refractivity contribution in [1.29, 1.82) is 0 Å². The van der Waals surface area contributed by atoms with Gasteiger partial charge < -0.3 is 5.11 Å². The number of rotatable bonds is 2. The fourth-order valence-corrected chi connectivity index (χ4v) is 6.59. The van der Waals surface area contributed by atoms with Crippen molar-refractivity contribution in [3.63, 3.8) is 0 Å². The molecule has 4 aliphatic rings. The molecular formula is C25H17Cl2NO3. The summed E-state index contributed by atoms with van der Waals surface area (Å²) in [4.78, 5) is 28.8. The Kier molecular flexibility index (Phi) is 3.95. The van der Waals surface area contributed by atoms with E-state index in [0.29, 0.717) is 10.7 Å². The predicted molar refractivity (Wildman–Crippen MR) is 119 cm³/mol. The Morgan fingerprint density at radius 2 is 1.48 bits per heavy atom. The van der Waals surface area contributed by atoms with Crippen molar-refractivity contribution in [2.75, 3.05) is 11.5 Å². The van der Waals surface area contributed by atoms with E-state index in [-0.39, 0.29) is 29.4 Å². The van der Waals surface area contributed by atoms with Crippen molar-refractivity contribution in [1.82, 2.24) is 0 Å². The van der Waals surface area contributed by atoms with Crippen LogP contribution in [0.15, 0.2) is 66.7 Å². The number of carbonyl (C=O) groups is 2. The zero-order valence-electron chi connectivity index (χ0n) is 16.3. The van der Waals surface area contributed by atoms with Gasteiger partial charge in [0, 0.05) is 10.9 Å². The van der Waals surface area contributed by atoms with E-state index < -0.39 is 17.3 Å². The molecule has 1 fully saturated rings. The molecule has 7 rings (SSSR count). The monoisotopic (exact) mass is 449 g/mol. The number of imide groups is 1. The molecule has 0 radical (unpaired) electrons. The van der Waals surface area contributed by atoms with E-state index >= 15 is 0 Å². The summed E-state index contributed by atoms with van der Waals surface area (Å²) in [5.41, 5.74) is 3.20. The third-order valence-electron chi connectivity index (χ3n) is 7.19. The van der Waals surface area contributed by atoms with Crippen LogP contribution in [-0.4, -0.2) is 23.5 Å². The first-order valence-corrected chi connectivity index (χ1v) is 10.9. The van der Waals surface area contributed by atoms with Gasteiger partial charge in [-0.2, -0.15) is 0 Å². The Hall–Kier alpha value is -2.66. The average Bonchev–Trinajstić information content (AvgIpc) is 3.05. The molecule has 6 heteroatoms. The van der Waals surface area contributed by atoms with Gasteiger partial charge in [-0.3, -0.25) is 9.59 Å². The number of nitrogens with zero attached hydrogens (tertiary/aromatic N) is 1. The number of anilines is 1. The van der Waals surface area contributed by atoms with Gasteiger partial charge in [0.05, 0.1) is 34.6 Å². The maximum atomic E-state index is 13.9. The van der Waals surface area contributed by atoms with Crippen LogP contribution in [0.1, 0.15) is 28.2 Å². The molecule has 2 bridgehead atoms. The molecule has 2 amide bonds. The van der Waals surface area contributed by atoms with Crippen molar-refractivity contribution >= 4 is 40.7 Å². The van der Waals surface area contributed by atoms with Gasteiger partial charge in [-0.1, -0.05) is 71.7 Å². The minimum Gasteiger partial charge on any atom is -0.395 e. The summed E-state index contributed by atoms with van der Waals surface area (Å²) in [6, 6.07) is 20.4. The molecule has 3 aromatic rings. The van der Waals surface area contributed by atoms with E-state index in [1.165, 1.54) is 11.0 Å². The Labute approximate surface area is 189 Å². The molecule has 31 heavy (non-hydrogen) atoms. The third kappa shape index (κ3) is 2.20. The summed E-state index contributed by atoms with van der Waals surface area (Å²) in [6.45, 7) is -0.268. The van der Waals surface area contributed by atoms with Crippen LogP contribution in [0, 0.1) is 11.8 Å². The van der Waals surface area contributed by atoms with Gasteiger partial charge in [-0.25, -0.2) is 4.90 Å². The molecule has 1 aliphatic heterocycles. The highest BCUT2D eigenvalue weighted by Gasteiger charge is 2.68. The standard InChI is InChI=1S/C25H17Cl2NO3/c26-13-9-10-19(18(27)11-13)28-23(30)21-20-14-5-1-3-7-16(14)25(12-29,22(21)24(28)31)17-8-4-2-6-15(17)20/h1-11,20-22,29H,12H2/t20?,21-,22-,25?/m0/s1. The molecule has 0 spiro atoms. The van der Waals surface area contributed by atoms with E-state index in [9.17, 15) is 14.7 Å². The smallest absolute Gasteiger partial charge is 0.239 e. The molecule has 0 aromatic heterocycles.